The van der Waals surface area contributed by atoms with Crippen LogP contribution in [0.1, 0.15) is 12.5 Å². The van der Waals surface area contributed by atoms with Gasteiger partial charge in [-0.25, -0.2) is 0 Å². The molecule has 0 spiro atoms. The monoisotopic (exact) mass is 181 g/mol. The van der Waals surface area contributed by atoms with Crippen molar-refractivity contribution in [2.75, 3.05) is 0 Å². The molecule has 70 valence electrons. The van der Waals surface area contributed by atoms with Crippen LogP contribution in [0.4, 0.5) is 5.69 Å². The molecule has 0 amide bonds. The molecule has 0 aromatic heterocycles. The number of nitro groups is 1. The number of aliphatic hydroxyl groups excluding tert-OH is 1. The van der Waals surface area contributed by atoms with Crippen molar-refractivity contribution in [1.29, 1.82) is 0 Å². The molecule has 1 rings (SSSR count). The molecule has 0 heterocycles. The summed E-state index contributed by atoms with van der Waals surface area (Å²) in [6, 6.07) is 6.30. The van der Waals surface area contributed by atoms with Crippen molar-refractivity contribution in [2.24, 2.45) is 0 Å². The second kappa shape index (κ2) is 4.00. The van der Waals surface area contributed by atoms with Gasteiger partial charge >= 0.3 is 0 Å². The number of aliphatic hydroxyl groups is 1. The summed E-state index contributed by atoms with van der Waals surface area (Å²) in [4.78, 5) is 9.94. The van der Waals surface area contributed by atoms with Crippen LogP contribution in [-0.4, -0.2) is 16.1 Å². The summed E-state index contributed by atoms with van der Waals surface area (Å²) >= 11 is 0. The Morgan fingerprint density at radius 2 is 2.31 bits per heavy atom. The van der Waals surface area contributed by atoms with Crippen molar-refractivity contribution in [1.82, 2.24) is 0 Å². The molecule has 4 heteroatoms. The Morgan fingerprint density at radius 3 is 2.85 bits per heavy atom. The van der Waals surface area contributed by atoms with Gasteiger partial charge in [0.2, 0.25) is 0 Å². The normalized spacial score (nSPS) is 12.5. The standard InChI is InChI=1S/C9H11NO3/c1-7(11)5-8-3-2-4-9(6-8)10(12)13/h2-4,6-7,11H,5H2,1H3. The van der Waals surface area contributed by atoms with Gasteiger partial charge in [0.1, 0.15) is 0 Å². The zero-order chi connectivity index (χ0) is 9.84. The highest BCUT2D eigenvalue weighted by atomic mass is 16.6. The number of nitrogens with zero attached hydrogens (tertiary/aromatic N) is 1. The van der Waals surface area contributed by atoms with Crippen molar-refractivity contribution in [3.8, 4) is 0 Å². The Balaban J connectivity index is 2.85. The van der Waals surface area contributed by atoms with Gasteiger partial charge in [0.25, 0.3) is 5.69 Å². The van der Waals surface area contributed by atoms with Gasteiger partial charge in [0, 0.05) is 12.1 Å². The second-order valence-electron chi connectivity index (χ2n) is 2.98. The van der Waals surface area contributed by atoms with Gasteiger partial charge in [-0.1, -0.05) is 12.1 Å². The molecule has 13 heavy (non-hydrogen) atoms. The van der Waals surface area contributed by atoms with E-state index in [0.717, 1.165) is 5.56 Å². The zero-order valence-corrected chi connectivity index (χ0v) is 7.30. The maximum absolute atomic E-state index is 10.4. The van der Waals surface area contributed by atoms with Gasteiger partial charge in [-0.2, -0.15) is 0 Å². The van der Waals surface area contributed by atoms with Crippen LogP contribution >= 0.6 is 0 Å². The van der Waals surface area contributed by atoms with E-state index >= 15 is 0 Å². The number of rotatable bonds is 3. The lowest BCUT2D eigenvalue weighted by molar-refractivity contribution is -0.384. The lowest BCUT2D eigenvalue weighted by Gasteiger charge is -2.02. The minimum atomic E-state index is -0.470. The van der Waals surface area contributed by atoms with E-state index in [2.05, 4.69) is 0 Å². The van der Waals surface area contributed by atoms with E-state index in [1.807, 2.05) is 0 Å². The van der Waals surface area contributed by atoms with E-state index in [1.54, 1.807) is 19.1 Å². The first-order valence-electron chi connectivity index (χ1n) is 4.01. The molecular weight excluding hydrogens is 170 g/mol. The van der Waals surface area contributed by atoms with Gasteiger partial charge in [-0.15, -0.1) is 0 Å². The Bertz CT molecular complexity index is 309. The molecule has 0 aliphatic heterocycles. The average molecular weight is 181 g/mol. The van der Waals surface area contributed by atoms with E-state index < -0.39 is 11.0 Å². The molecule has 1 aromatic carbocycles. The van der Waals surface area contributed by atoms with Gasteiger partial charge < -0.3 is 5.11 Å². The molecule has 0 bridgehead atoms. The first-order valence-corrected chi connectivity index (χ1v) is 4.01. The van der Waals surface area contributed by atoms with Gasteiger partial charge in [-0.05, 0) is 18.9 Å². The summed E-state index contributed by atoms with van der Waals surface area (Å²) in [5, 5.41) is 19.4. The van der Waals surface area contributed by atoms with Crippen molar-refractivity contribution < 1.29 is 10.0 Å². The lowest BCUT2D eigenvalue weighted by atomic mass is 10.1. The Labute approximate surface area is 76.0 Å². The molecule has 0 saturated heterocycles. The molecule has 0 radical (unpaired) electrons. The third-order valence-electron chi connectivity index (χ3n) is 1.65. The topological polar surface area (TPSA) is 63.4 Å². The fourth-order valence-electron chi connectivity index (χ4n) is 1.14. The Morgan fingerprint density at radius 1 is 1.62 bits per heavy atom. The molecule has 1 atom stereocenters. The van der Waals surface area contributed by atoms with E-state index in [0.29, 0.717) is 6.42 Å². The average Bonchev–Trinajstić information content (AvgIpc) is 2.03. The Hall–Kier alpha value is -1.42. The molecule has 1 aromatic rings. The Kier molecular flexibility index (Phi) is 2.97. The molecule has 0 aliphatic rings. The van der Waals surface area contributed by atoms with Crippen LogP contribution in [0.5, 0.6) is 0 Å². The molecule has 0 saturated carbocycles. The van der Waals surface area contributed by atoms with Crippen molar-refractivity contribution in [2.45, 2.75) is 19.4 Å². The second-order valence-corrected chi connectivity index (χ2v) is 2.98. The van der Waals surface area contributed by atoms with Crippen LogP contribution in [0.15, 0.2) is 24.3 Å². The molecule has 1 N–H and O–H groups in total. The number of nitro benzene ring substituents is 1. The van der Waals surface area contributed by atoms with E-state index in [1.165, 1.54) is 12.1 Å². The maximum atomic E-state index is 10.4. The molecule has 4 nitrogen and oxygen atoms in total. The third kappa shape index (κ3) is 2.83. The zero-order valence-electron chi connectivity index (χ0n) is 7.30. The number of hydrogen-bond acceptors (Lipinski definition) is 3. The minimum absolute atomic E-state index is 0.0677. The van der Waals surface area contributed by atoms with Crippen molar-refractivity contribution >= 4 is 5.69 Å². The molecule has 0 aliphatic carbocycles. The predicted molar refractivity (Wildman–Crippen MR) is 48.5 cm³/mol. The summed E-state index contributed by atoms with van der Waals surface area (Å²) in [7, 11) is 0. The summed E-state index contributed by atoms with van der Waals surface area (Å²) in [5.74, 6) is 0. The van der Waals surface area contributed by atoms with Gasteiger partial charge in [0.15, 0.2) is 0 Å². The van der Waals surface area contributed by atoms with Crippen LogP contribution in [0.2, 0.25) is 0 Å². The third-order valence-corrected chi connectivity index (χ3v) is 1.65. The molecule has 1 unspecified atom stereocenters. The maximum Gasteiger partial charge on any atom is 0.269 e. The lowest BCUT2D eigenvalue weighted by Crippen LogP contribution is -2.04. The summed E-state index contributed by atoms with van der Waals surface area (Å²) in [6.07, 6.45) is -0.0243. The fourth-order valence-corrected chi connectivity index (χ4v) is 1.14. The van der Waals surface area contributed by atoms with Gasteiger partial charge in [0.05, 0.1) is 11.0 Å². The highest BCUT2D eigenvalue weighted by molar-refractivity contribution is 5.34. The smallest absolute Gasteiger partial charge is 0.269 e. The summed E-state index contributed by atoms with van der Waals surface area (Å²) < 4.78 is 0. The largest absolute Gasteiger partial charge is 0.393 e. The van der Waals surface area contributed by atoms with E-state index in [4.69, 9.17) is 5.11 Å². The summed E-state index contributed by atoms with van der Waals surface area (Å²) in [5.41, 5.74) is 0.849. The van der Waals surface area contributed by atoms with E-state index in [-0.39, 0.29) is 5.69 Å². The van der Waals surface area contributed by atoms with Crippen LogP contribution in [0, 0.1) is 10.1 Å². The number of hydrogen-bond donors (Lipinski definition) is 1. The van der Waals surface area contributed by atoms with Crippen LogP contribution in [0.25, 0.3) is 0 Å². The quantitative estimate of drug-likeness (QED) is 0.568. The van der Waals surface area contributed by atoms with Crippen LogP contribution < -0.4 is 0 Å². The predicted octanol–water partition coefficient (Wildman–Crippen LogP) is 1.52. The first kappa shape index (κ1) is 9.67. The summed E-state index contributed by atoms with van der Waals surface area (Å²) in [6.45, 7) is 1.65. The first-order chi connectivity index (χ1) is 6.09. The molecular formula is C9H11NO3. The van der Waals surface area contributed by atoms with Crippen molar-refractivity contribution in [3.63, 3.8) is 0 Å². The SMILES string of the molecule is CC(O)Cc1cccc([N+](=O)[O-])c1. The highest BCUT2D eigenvalue weighted by Crippen LogP contribution is 2.14. The molecule has 0 fully saturated rings. The van der Waals surface area contributed by atoms with E-state index in [9.17, 15) is 10.1 Å². The fraction of sp³-hybridized carbons (Fsp3) is 0.333. The van der Waals surface area contributed by atoms with Gasteiger partial charge in [-0.3, -0.25) is 10.1 Å². The van der Waals surface area contributed by atoms with Crippen LogP contribution in [-0.2, 0) is 6.42 Å². The number of non-ortho nitro benzene ring substituents is 1. The highest BCUT2D eigenvalue weighted by Gasteiger charge is 2.06. The number of benzene rings is 1. The van der Waals surface area contributed by atoms with Crippen LogP contribution in [0.3, 0.4) is 0 Å². The minimum Gasteiger partial charge on any atom is -0.393 e. The van der Waals surface area contributed by atoms with Crippen molar-refractivity contribution in [3.05, 3.63) is 39.9 Å².